The van der Waals surface area contributed by atoms with E-state index in [1.54, 1.807) is 0 Å². The number of carboxylic acids is 1. The van der Waals surface area contributed by atoms with Gasteiger partial charge in [-0.1, -0.05) is 41.5 Å². The van der Waals surface area contributed by atoms with Gasteiger partial charge in [0.2, 0.25) is 0 Å². The molecule has 0 spiro atoms. The monoisotopic (exact) mass is 260 g/mol. The van der Waals surface area contributed by atoms with Gasteiger partial charge in [-0.05, 0) is 5.41 Å². The summed E-state index contributed by atoms with van der Waals surface area (Å²) in [6.45, 7) is 11.8. The number of rotatable bonds is 5. The lowest BCUT2D eigenvalue weighted by Gasteiger charge is -2.23. The highest BCUT2D eigenvalue weighted by molar-refractivity contribution is 8.01. The fraction of sp³-hybridized carbons (Fsp3) is 0.846. The summed E-state index contributed by atoms with van der Waals surface area (Å²) >= 11 is 1.34. The molecule has 0 saturated heterocycles. The molecular weight excluding hydrogens is 236 g/mol. The van der Waals surface area contributed by atoms with Crippen molar-refractivity contribution in [3.05, 3.63) is 0 Å². The Labute approximate surface area is 108 Å². The first-order valence-corrected chi connectivity index (χ1v) is 6.71. The van der Waals surface area contributed by atoms with E-state index in [0.29, 0.717) is 6.42 Å². The van der Waals surface area contributed by atoms with Crippen LogP contribution in [-0.4, -0.2) is 26.9 Å². The molecular formula is C13H24O3S. The zero-order chi connectivity index (χ0) is 13.9. The summed E-state index contributed by atoms with van der Waals surface area (Å²) in [5.74, 6) is -0.867. The Hall–Kier alpha value is -0.510. The Morgan fingerprint density at radius 1 is 1.12 bits per heavy atom. The molecule has 1 unspecified atom stereocenters. The molecule has 0 bridgehead atoms. The minimum Gasteiger partial charge on any atom is -0.480 e. The van der Waals surface area contributed by atoms with Crippen LogP contribution in [0.1, 0.15) is 54.4 Å². The van der Waals surface area contributed by atoms with Crippen LogP contribution in [0.15, 0.2) is 0 Å². The molecule has 0 aromatic carbocycles. The van der Waals surface area contributed by atoms with Gasteiger partial charge in [0.25, 0.3) is 0 Å². The standard InChI is InChI=1S/C13H24O3S/c1-12(2,3)8-9(14)7-10(11(15)16)17-13(4,5)6/h10H,7-8H2,1-6H3,(H,15,16). The maximum absolute atomic E-state index is 11.8. The summed E-state index contributed by atoms with van der Waals surface area (Å²) in [7, 11) is 0. The normalized spacial score (nSPS) is 14.5. The zero-order valence-corrected chi connectivity index (χ0v) is 12.5. The Balaban J connectivity index is 4.47. The molecule has 100 valence electrons. The van der Waals surface area contributed by atoms with Gasteiger partial charge in [-0.3, -0.25) is 9.59 Å². The molecule has 0 amide bonds. The maximum atomic E-state index is 11.8. The van der Waals surface area contributed by atoms with Crippen LogP contribution in [0.5, 0.6) is 0 Å². The van der Waals surface area contributed by atoms with Crippen molar-refractivity contribution in [3.63, 3.8) is 0 Å². The molecule has 0 aromatic rings. The zero-order valence-electron chi connectivity index (χ0n) is 11.7. The van der Waals surface area contributed by atoms with Crippen molar-refractivity contribution in [2.45, 2.75) is 64.4 Å². The maximum Gasteiger partial charge on any atom is 0.317 e. The van der Waals surface area contributed by atoms with Gasteiger partial charge in [0, 0.05) is 17.6 Å². The average Bonchev–Trinajstić information content (AvgIpc) is 1.95. The minimum atomic E-state index is -0.896. The van der Waals surface area contributed by atoms with E-state index >= 15 is 0 Å². The van der Waals surface area contributed by atoms with E-state index < -0.39 is 11.2 Å². The molecule has 1 atom stereocenters. The largest absolute Gasteiger partial charge is 0.480 e. The van der Waals surface area contributed by atoms with Crippen molar-refractivity contribution in [3.8, 4) is 0 Å². The molecule has 0 saturated carbocycles. The fourth-order valence-corrected chi connectivity index (χ4v) is 2.70. The fourth-order valence-electron chi connectivity index (χ4n) is 1.48. The van der Waals surface area contributed by atoms with Crippen LogP contribution in [0, 0.1) is 5.41 Å². The Morgan fingerprint density at radius 3 is 1.88 bits per heavy atom. The van der Waals surface area contributed by atoms with Crippen LogP contribution >= 0.6 is 11.8 Å². The van der Waals surface area contributed by atoms with Gasteiger partial charge in [-0.25, -0.2) is 0 Å². The molecule has 3 nitrogen and oxygen atoms in total. The van der Waals surface area contributed by atoms with Gasteiger partial charge in [0.1, 0.15) is 11.0 Å². The van der Waals surface area contributed by atoms with Crippen LogP contribution in [0.2, 0.25) is 0 Å². The molecule has 0 aromatic heterocycles. The summed E-state index contributed by atoms with van der Waals surface area (Å²) in [5.41, 5.74) is -0.0768. The SMILES string of the molecule is CC(C)(C)CC(=O)CC(SC(C)(C)C)C(=O)O. The molecule has 17 heavy (non-hydrogen) atoms. The molecule has 4 heteroatoms. The average molecular weight is 260 g/mol. The number of carboxylic acid groups (broad SMARTS) is 1. The number of carbonyl (C=O) groups is 2. The third-order valence-corrected chi connectivity index (χ3v) is 3.27. The highest BCUT2D eigenvalue weighted by atomic mass is 32.2. The number of ketones is 1. The van der Waals surface area contributed by atoms with E-state index in [-0.39, 0.29) is 22.4 Å². The minimum absolute atomic E-state index is 0.0293. The summed E-state index contributed by atoms with van der Waals surface area (Å²) in [6.07, 6.45) is 0.552. The summed E-state index contributed by atoms with van der Waals surface area (Å²) < 4.78 is -0.148. The van der Waals surface area contributed by atoms with Crippen LogP contribution in [0.4, 0.5) is 0 Å². The van der Waals surface area contributed by atoms with Crippen molar-refractivity contribution >= 4 is 23.5 Å². The van der Waals surface area contributed by atoms with E-state index in [4.69, 9.17) is 5.11 Å². The molecule has 0 heterocycles. The highest BCUT2D eigenvalue weighted by Crippen LogP contribution is 2.31. The van der Waals surface area contributed by atoms with Crippen LogP contribution in [0.3, 0.4) is 0 Å². The lowest BCUT2D eigenvalue weighted by molar-refractivity contribution is -0.138. The van der Waals surface area contributed by atoms with Crippen molar-refractivity contribution < 1.29 is 14.7 Å². The lowest BCUT2D eigenvalue weighted by Crippen LogP contribution is -2.27. The van der Waals surface area contributed by atoms with Gasteiger partial charge in [0.15, 0.2) is 0 Å². The molecule has 0 rings (SSSR count). The number of aliphatic carboxylic acids is 1. The Morgan fingerprint density at radius 2 is 1.59 bits per heavy atom. The van der Waals surface area contributed by atoms with Gasteiger partial charge in [-0.2, -0.15) is 0 Å². The van der Waals surface area contributed by atoms with E-state index in [1.807, 2.05) is 41.5 Å². The van der Waals surface area contributed by atoms with Gasteiger partial charge >= 0.3 is 5.97 Å². The van der Waals surface area contributed by atoms with E-state index in [2.05, 4.69) is 0 Å². The second-order valence-electron chi connectivity index (χ2n) is 6.54. The molecule has 0 radical (unpaired) electrons. The third kappa shape index (κ3) is 9.22. The molecule has 0 aliphatic heterocycles. The lowest BCUT2D eigenvalue weighted by atomic mass is 9.89. The number of thioether (sulfide) groups is 1. The quantitative estimate of drug-likeness (QED) is 0.823. The molecule has 1 N–H and O–H groups in total. The van der Waals surface area contributed by atoms with Crippen molar-refractivity contribution in [2.75, 3.05) is 0 Å². The van der Waals surface area contributed by atoms with Crippen molar-refractivity contribution in [1.82, 2.24) is 0 Å². The van der Waals surface area contributed by atoms with Gasteiger partial charge in [-0.15, -0.1) is 11.8 Å². The van der Waals surface area contributed by atoms with E-state index in [1.165, 1.54) is 11.8 Å². The Kier molecular flexibility index (Phi) is 5.72. The first-order chi connectivity index (χ1) is 7.41. The van der Waals surface area contributed by atoms with E-state index in [0.717, 1.165) is 0 Å². The number of hydrogen-bond acceptors (Lipinski definition) is 3. The van der Waals surface area contributed by atoms with Crippen LogP contribution in [-0.2, 0) is 9.59 Å². The first kappa shape index (κ1) is 16.5. The number of carbonyl (C=O) groups excluding carboxylic acids is 1. The Bertz CT molecular complexity index is 284. The highest BCUT2D eigenvalue weighted by Gasteiger charge is 2.28. The topological polar surface area (TPSA) is 54.4 Å². The van der Waals surface area contributed by atoms with Crippen LogP contribution in [0.25, 0.3) is 0 Å². The molecule has 0 aliphatic carbocycles. The smallest absolute Gasteiger partial charge is 0.317 e. The number of hydrogen-bond donors (Lipinski definition) is 1. The van der Waals surface area contributed by atoms with Gasteiger partial charge in [0.05, 0.1) is 0 Å². The molecule has 0 fully saturated rings. The summed E-state index contributed by atoms with van der Waals surface area (Å²) in [5, 5.41) is 8.48. The second kappa shape index (κ2) is 5.89. The summed E-state index contributed by atoms with van der Waals surface area (Å²) in [4.78, 5) is 22.9. The van der Waals surface area contributed by atoms with Gasteiger partial charge < -0.3 is 5.11 Å². The predicted octanol–water partition coefficient (Wildman–Crippen LogP) is 3.37. The summed E-state index contributed by atoms with van der Waals surface area (Å²) in [6, 6.07) is 0. The third-order valence-electron chi connectivity index (χ3n) is 1.91. The molecule has 0 aliphatic rings. The van der Waals surface area contributed by atoms with Crippen molar-refractivity contribution in [2.24, 2.45) is 5.41 Å². The second-order valence-corrected chi connectivity index (χ2v) is 8.57. The van der Waals surface area contributed by atoms with Crippen molar-refractivity contribution in [1.29, 1.82) is 0 Å². The van der Waals surface area contributed by atoms with Crippen LogP contribution < -0.4 is 0 Å². The van der Waals surface area contributed by atoms with E-state index in [9.17, 15) is 9.59 Å². The first-order valence-electron chi connectivity index (χ1n) is 5.83. The number of Topliss-reactive ketones (excluding diaryl/α,β-unsaturated/α-hetero) is 1. The predicted molar refractivity (Wildman–Crippen MR) is 72.5 cm³/mol.